The number of carbonyl (C=O) groups excluding carboxylic acids is 2. The van der Waals surface area contributed by atoms with Crippen LogP contribution in [0, 0.1) is 0 Å². The molecule has 0 N–H and O–H groups in total. The summed E-state index contributed by atoms with van der Waals surface area (Å²) in [6.07, 6.45) is 7.70. The highest BCUT2D eigenvalue weighted by atomic mass is 127. The van der Waals surface area contributed by atoms with Crippen LogP contribution < -0.4 is 28.5 Å². The van der Waals surface area contributed by atoms with Gasteiger partial charge in [-0.25, -0.2) is 14.2 Å². The van der Waals surface area contributed by atoms with Crippen molar-refractivity contribution in [2.75, 3.05) is 13.7 Å². The predicted molar refractivity (Wildman–Crippen MR) is 62.8 cm³/mol. The normalized spacial score (nSPS) is 18.6. The third-order valence-corrected chi connectivity index (χ3v) is 3.21. The number of imidazole rings is 1. The molecule has 0 bridgehead atoms. The second-order valence-corrected chi connectivity index (χ2v) is 4.50. The van der Waals surface area contributed by atoms with Gasteiger partial charge in [-0.2, -0.15) is 4.57 Å². The summed E-state index contributed by atoms with van der Waals surface area (Å²) >= 11 is 0. The van der Waals surface area contributed by atoms with Gasteiger partial charge in [0.1, 0.15) is 18.4 Å². The molecule has 1 amide bonds. The maximum Gasteiger partial charge on any atom is 0.416 e. The highest BCUT2D eigenvalue weighted by molar-refractivity contribution is 5.84. The van der Waals surface area contributed by atoms with E-state index in [1.165, 1.54) is 11.7 Å². The van der Waals surface area contributed by atoms with Gasteiger partial charge in [0.05, 0.1) is 14.2 Å². The van der Waals surface area contributed by atoms with Gasteiger partial charge in [-0.3, -0.25) is 4.90 Å². The number of ether oxygens (including phenoxy) is 1. The molecule has 7 heteroatoms. The molecule has 1 unspecified atom stereocenters. The first-order chi connectivity index (χ1) is 8.63. The molecule has 0 radical (unpaired) electrons. The van der Waals surface area contributed by atoms with E-state index in [-0.39, 0.29) is 36.0 Å². The molecule has 1 saturated heterocycles. The topological polar surface area (TPSA) is 55.4 Å². The van der Waals surface area contributed by atoms with Gasteiger partial charge in [0, 0.05) is 6.54 Å². The molecule has 2 heterocycles. The maximum absolute atomic E-state index is 12.3. The molecule has 1 aromatic rings. The van der Waals surface area contributed by atoms with E-state index in [9.17, 15) is 9.59 Å². The van der Waals surface area contributed by atoms with Crippen LogP contribution in [-0.2, 0) is 16.6 Å². The van der Waals surface area contributed by atoms with Gasteiger partial charge in [0.25, 0.3) is 6.33 Å². The summed E-state index contributed by atoms with van der Waals surface area (Å²) in [5.74, 6) is -0.334. The molecule has 1 aliphatic heterocycles. The van der Waals surface area contributed by atoms with Crippen molar-refractivity contribution < 1.29 is 42.9 Å². The fraction of sp³-hybridized carbons (Fsp3) is 0.583. The Morgan fingerprint density at radius 3 is 2.68 bits per heavy atom. The lowest BCUT2D eigenvalue weighted by Crippen LogP contribution is -3.00. The predicted octanol–water partition coefficient (Wildman–Crippen LogP) is -2.69. The molecule has 106 valence electrons. The van der Waals surface area contributed by atoms with E-state index >= 15 is 0 Å². The number of likely N-dealkylation sites (tertiary alicyclic amines) is 1. The number of rotatable bonds is 1. The number of amides is 1. The second-order valence-electron chi connectivity index (χ2n) is 4.50. The number of nitrogens with zero attached hydrogens (tertiary/aromatic N) is 3. The van der Waals surface area contributed by atoms with E-state index in [4.69, 9.17) is 4.74 Å². The van der Waals surface area contributed by atoms with Crippen molar-refractivity contribution in [2.45, 2.75) is 25.3 Å². The quantitative estimate of drug-likeness (QED) is 0.304. The zero-order chi connectivity index (χ0) is 13.1. The molecule has 19 heavy (non-hydrogen) atoms. The van der Waals surface area contributed by atoms with Crippen LogP contribution in [0.3, 0.4) is 0 Å². The highest BCUT2D eigenvalue weighted by Gasteiger charge is 2.35. The molecular weight excluding hydrogens is 361 g/mol. The summed E-state index contributed by atoms with van der Waals surface area (Å²) in [5.41, 5.74) is 0. The smallest absolute Gasteiger partial charge is 0.416 e. The average Bonchev–Trinajstić information content (AvgIpc) is 2.83. The van der Waals surface area contributed by atoms with Crippen LogP contribution >= 0.6 is 0 Å². The van der Waals surface area contributed by atoms with Crippen LogP contribution in [0.15, 0.2) is 18.7 Å². The Balaban J connectivity index is 0.00000180. The molecule has 2 rings (SSSR count). The number of aryl methyl sites for hydroxylation is 1. The van der Waals surface area contributed by atoms with E-state index in [1.807, 2.05) is 7.05 Å². The van der Waals surface area contributed by atoms with Crippen LogP contribution in [0.2, 0.25) is 0 Å². The van der Waals surface area contributed by atoms with Gasteiger partial charge in [0.15, 0.2) is 0 Å². The Morgan fingerprint density at radius 1 is 1.37 bits per heavy atom. The van der Waals surface area contributed by atoms with Crippen molar-refractivity contribution >= 4 is 12.0 Å². The van der Waals surface area contributed by atoms with Crippen molar-refractivity contribution in [1.29, 1.82) is 0 Å². The van der Waals surface area contributed by atoms with Crippen molar-refractivity contribution in [1.82, 2.24) is 9.47 Å². The minimum atomic E-state index is -0.455. The minimum Gasteiger partial charge on any atom is -1.00 e. The lowest BCUT2D eigenvalue weighted by atomic mass is 10.0. The first-order valence-corrected chi connectivity index (χ1v) is 6.05. The van der Waals surface area contributed by atoms with Crippen LogP contribution in [0.5, 0.6) is 0 Å². The van der Waals surface area contributed by atoms with E-state index in [1.54, 1.807) is 28.2 Å². The Labute approximate surface area is 129 Å². The van der Waals surface area contributed by atoms with Crippen LogP contribution in [0.1, 0.15) is 19.3 Å². The highest BCUT2D eigenvalue weighted by Crippen LogP contribution is 2.19. The molecule has 0 spiro atoms. The molecule has 1 fully saturated rings. The first-order valence-electron chi connectivity index (χ1n) is 6.05. The fourth-order valence-electron chi connectivity index (χ4n) is 2.25. The number of methoxy groups -OCH3 is 1. The fourth-order valence-corrected chi connectivity index (χ4v) is 2.25. The molecule has 6 nitrogen and oxygen atoms in total. The van der Waals surface area contributed by atoms with Crippen molar-refractivity contribution in [3.8, 4) is 0 Å². The van der Waals surface area contributed by atoms with Gasteiger partial charge in [-0.1, -0.05) is 0 Å². The van der Waals surface area contributed by atoms with Gasteiger partial charge in [-0.15, -0.1) is 0 Å². The summed E-state index contributed by atoms with van der Waals surface area (Å²) in [6, 6.07) is -0.630. The Hall–Kier alpha value is -1.12. The lowest BCUT2D eigenvalue weighted by molar-refractivity contribution is -0.670. The van der Waals surface area contributed by atoms with Crippen LogP contribution in [-0.4, -0.2) is 41.2 Å². The van der Waals surface area contributed by atoms with E-state index in [0.29, 0.717) is 13.0 Å². The minimum absolute atomic E-state index is 0. The standard InChI is InChI=1S/C12H18N3O3.HI/c1-13-7-8-14(9-13)12(17)15-6-4-3-5-10(15)11(16)18-2;/h7-10H,3-6H2,1-2H3;1H/q+1;/p-1. The number of hydrogen-bond acceptors (Lipinski definition) is 3. The van der Waals surface area contributed by atoms with E-state index in [2.05, 4.69) is 0 Å². The van der Waals surface area contributed by atoms with Crippen LogP contribution in [0.4, 0.5) is 4.79 Å². The number of aromatic nitrogens is 2. The number of carbonyl (C=O) groups is 2. The second kappa shape index (κ2) is 6.88. The average molecular weight is 379 g/mol. The third kappa shape index (κ3) is 3.46. The number of halogens is 1. The summed E-state index contributed by atoms with van der Waals surface area (Å²) in [7, 11) is 3.20. The number of piperidine rings is 1. The molecule has 1 aliphatic rings. The molecule has 0 saturated carbocycles. The maximum atomic E-state index is 12.3. The van der Waals surface area contributed by atoms with Gasteiger partial charge in [0.2, 0.25) is 0 Å². The monoisotopic (exact) mass is 379 g/mol. The molecule has 0 aliphatic carbocycles. The molecule has 0 aromatic carbocycles. The summed E-state index contributed by atoms with van der Waals surface area (Å²) < 4.78 is 8.04. The van der Waals surface area contributed by atoms with E-state index in [0.717, 1.165) is 12.8 Å². The van der Waals surface area contributed by atoms with Crippen molar-refractivity contribution in [2.24, 2.45) is 7.05 Å². The van der Waals surface area contributed by atoms with Gasteiger partial charge < -0.3 is 28.7 Å². The molecule has 1 aromatic heterocycles. The molecule has 1 atom stereocenters. The zero-order valence-corrected chi connectivity index (χ0v) is 13.2. The van der Waals surface area contributed by atoms with Gasteiger partial charge in [-0.05, 0) is 19.3 Å². The summed E-state index contributed by atoms with van der Waals surface area (Å²) in [4.78, 5) is 25.6. The zero-order valence-electron chi connectivity index (χ0n) is 11.1. The first kappa shape index (κ1) is 15.9. The largest absolute Gasteiger partial charge is 1.00 e. The van der Waals surface area contributed by atoms with Gasteiger partial charge >= 0.3 is 12.0 Å². The Bertz CT molecular complexity index is 461. The third-order valence-electron chi connectivity index (χ3n) is 3.21. The Morgan fingerprint density at radius 2 is 2.11 bits per heavy atom. The SMILES string of the molecule is COC(=O)C1CCCCN1C(=O)n1cc[n+](C)c1.[I-]. The van der Waals surface area contributed by atoms with Crippen molar-refractivity contribution in [3.63, 3.8) is 0 Å². The lowest BCUT2D eigenvalue weighted by Gasteiger charge is -2.31. The summed E-state index contributed by atoms with van der Waals surface area (Å²) in [5, 5.41) is 0. The van der Waals surface area contributed by atoms with E-state index < -0.39 is 6.04 Å². The molecular formula is C12H18IN3O3. The summed E-state index contributed by atoms with van der Waals surface area (Å²) in [6.45, 7) is 0.598. The number of esters is 1. The van der Waals surface area contributed by atoms with Crippen molar-refractivity contribution in [3.05, 3.63) is 18.7 Å². The van der Waals surface area contributed by atoms with Crippen LogP contribution in [0.25, 0.3) is 0 Å². The Kier molecular flexibility index (Phi) is 5.77. The number of hydrogen-bond donors (Lipinski definition) is 0.